The molecule has 3 aromatic rings. The Hall–Kier alpha value is -3.07. The molecule has 0 bridgehead atoms. The van der Waals surface area contributed by atoms with Crippen LogP contribution < -0.4 is 0 Å². The van der Waals surface area contributed by atoms with Crippen LogP contribution in [0.15, 0.2) is 72.8 Å². The van der Waals surface area contributed by atoms with Gasteiger partial charge in [0, 0.05) is 11.1 Å². The zero-order chi connectivity index (χ0) is 26.2. The standard InChI is InChI=1S/C34H37F3/c1-3-5-7-9-24-11-13-26(14-12-24)30-21-20-29(23-32(30)35)25-15-17-27(18-16-25)31-22-19-28(10-8-6-4-2)33(36)34(31)37/h6,8,13,15-24H,3-5,7,9-12,14H2,1-2H3/b8-6-. The molecule has 0 spiro atoms. The Morgan fingerprint density at radius 3 is 2.19 bits per heavy atom. The van der Waals surface area contributed by atoms with Crippen LogP contribution >= 0.6 is 0 Å². The van der Waals surface area contributed by atoms with E-state index in [1.54, 1.807) is 30.3 Å². The number of unbranched alkanes of at least 4 members (excludes halogenated alkanes) is 2. The van der Waals surface area contributed by atoms with Crippen LogP contribution in [0.5, 0.6) is 0 Å². The van der Waals surface area contributed by atoms with Gasteiger partial charge in [0.05, 0.1) is 0 Å². The number of allylic oxidation sites excluding steroid dienone is 4. The van der Waals surface area contributed by atoms with E-state index in [0.717, 1.165) is 48.3 Å². The third-order valence-corrected chi connectivity index (χ3v) is 7.48. The highest BCUT2D eigenvalue weighted by atomic mass is 19.2. The summed E-state index contributed by atoms with van der Waals surface area (Å²) < 4.78 is 44.5. The van der Waals surface area contributed by atoms with Gasteiger partial charge in [0.1, 0.15) is 5.82 Å². The molecule has 0 saturated carbocycles. The van der Waals surface area contributed by atoms with Gasteiger partial charge < -0.3 is 0 Å². The van der Waals surface area contributed by atoms with Crippen molar-refractivity contribution in [3.05, 3.63) is 101 Å². The summed E-state index contributed by atoms with van der Waals surface area (Å²) in [6, 6.07) is 15.9. The van der Waals surface area contributed by atoms with Crippen molar-refractivity contribution < 1.29 is 13.2 Å². The third kappa shape index (κ3) is 6.63. The SMILES string of the molecule is CC/C=C\Cc1ccc(-c2ccc(-c3ccc(C4=CCC(CCCCC)CC4)c(F)c3)cc2)c(F)c1F. The highest BCUT2D eigenvalue weighted by molar-refractivity contribution is 5.74. The molecule has 0 fully saturated rings. The number of benzene rings is 3. The van der Waals surface area contributed by atoms with Crippen molar-refractivity contribution in [2.24, 2.45) is 5.92 Å². The first-order chi connectivity index (χ1) is 18.0. The predicted octanol–water partition coefficient (Wildman–Crippen LogP) is 10.7. The van der Waals surface area contributed by atoms with E-state index in [-0.39, 0.29) is 11.4 Å². The molecule has 0 aliphatic heterocycles. The van der Waals surface area contributed by atoms with Crippen molar-refractivity contribution in [3.63, 3.8) is 0 Å². The van der Waals surface area contributed by atoms with Crippen molar-refractivity contribution in [2.45, 2.75) is 71.6 Å². The molecule has 0 saturated heterocycles. The van der Waals surface area contributed by atoms with Crippen molar-refractivity contribution in [2.75, 3.05) is 0 Å². The van der Waals surface area contributed by atoms with E-state index >= 15 is 4.39 Å². The molecule has 194 valence electrons. The summed E-state index contributed by atoms with van der Waals surface area (Å²) in [6.07, 6.45) is 15.4. The van der Waals surface area contributed by atoms with E-state index in [0.29, 0.717) is 23.1 Å². The van der Waals surface area contributed by atoms with Gasteiger partial charge in [-0.1, -0.05) is 106 Å². The maximum Gasteiger partial charge on any atom is 0.166 e. The summed E-state index contributed by atoms with van der Waals surface area (Å²) in [5.41, 5.74) is 4.57. The lowest BCUT2D eigenvalue weighted by atomic mass is 9.83. The van der Waals surface area contributed by atoms with E-state index in [2.05, 4.69) is 13.0 Å². The third-order valence-electron chi connectivity index (χ3n) is 7.48. The minimum absolute atomic E-state index is 0.210. The minimum Gasteiger partial charge on any atom is -0.206 e. The monoisotopic (exact) mass is 502 g/mol. The lowest BCUT2D eigenvalue weighted by molar-refractivity contribution is 0.427. The molecule has 1 atom stereocenters. The Bertz CT molecular complexity index is 1250. The molecular formula is C34H37F3. The fourth-order valence-corrected chi connectivity index (χ4v) is 5.22. The molecule has 0 heterocycles. The van der Waals surface area contributed by atoms with Gasteiger partial charge in [-0.05, 0) is 71.9 Å². The van der Waals surface area contributed by atoms with Gasteiger partial charge in [0.2, 0.25) is 0 Å². The lowest BCUT2D eigenvalue weighted by Crippen LogP contribution is -2.06. The molecule has 0 N–H and O–H groups in total. The molecule has 3 aromatic carbocycles. The van der Waals surface area contributed by atoms with Gasteiger partial charge in [-0.25, -0.2) is 13.2 Å². The van der Waals surface area contributed by atoms with Gasteiger partial charge in [-0.3, -0.25) is 0 Å². The molecule has 0 radical (unpaired) electrons. The maximum absolute atomic E-state index is 15.1. The van der Waals surface area contributed by atoms with Crippen LogP contribution in [-0.2, 0) is 6.42 Å². The Balaban J connectivity index is 1.47. The number of halogens is 3. The zero-order valence-electron chi connectivity index (χ0n) is 22.0. The van der Waals surface area contributed by atoms with E-state index in [1.807, 2.05) is 43.3 Å². The smallest absolute Gasteiger partial charge is 0.166 e. The second-order valence-electron chi connectivity index (χ2n) is 10.1. The number of hydrogen-bond donors (Lipinski definition) is 0. The molecule has 0 nitrogen and oxygen atoms in total. The van der Waals surface area contributed by atoms with Crippen LogP contribution in [0.3, 0.4) is 0 Å². The van der Waals surface area contributed by atoms with Crippen molar-refractivity contribution >= 4 is 5.57 Å². The van der Waals surface area contributed by atoms with Gasteiger partial charge in [0.25, 0.3) is 0 Å². The molecular weight excluding hydrogens is 465 g/mol. The van der Waals surface area contributed by atoms with Crippen LogP contribution in [0.25, 0.3) is 27.8 Å². The first-order valence-corrected chi connectivity index (χ1v) is 13.7. The fourth-order valence-electron chi connectivity index (χ4n) is 5.22. The molecule has 37 heavy (non-hydrogen) atoms. The Morgan fingerprint density at radius 1 is 0.784 bits per heavy atom. The summed E-state index contributed by atoms with van der Waals surface area (Å²) in [6.45, 7) is 4.23. The van der Waals surface area contributed by atoms with E-state index in [4.69, 9.17) is 0 Å². The second-order valence-corrected chi connectivity index (χ2v) is 10.1. The average molecular weight is 503 g/mol. The molecule has 3 heteroatoms. The zero-order valence-corrected chi connectivity index (χ0v) is 22.0. The lowest BCUT2D eigenvalue weighted by Gasteiger charge is -2.22. The van der Waals surface area contributed by atoms with Crippen molar-refractivity contribution in [3.8, 4) is 22.3 Å². The Kier molecular flexibility index (Phi) is 9.44. The first-order valence-electron chi connectivity index (χ1n) is 13.7. The van der Waals surface area contributed by atoms with Crippen LogP contribution in [0, 0.1) is 23.4 Å². The minimum atomic E-state index is -0.834. The van der Waals surface area contributed by atoms with Crippen molar-refractivity contribution in [1.82, 2.24) is 0 Å². The summed E-state index contributed by atoms with van der Waals surface area (Å²) in [7, 11) is 0. The highest BCUT2D eigenvalue weighted by Gasteiger charge is 2.18. The van der Waals surface area contributed by atoms with E-state index < -0.39 is 11.6 Å². The van der Waals surface area contributed by atoms with Crippen LogP contribution in [0.4, 0.5) is 13.2 Å². The van der Waals surface area contributed by atoms with Gasteiger partial charge in [-0.2, -0.15) is 0 Å². The molecule has 1 aliphatic carbocycles. The first kappa shape index (κ1) is 27.0. The predicted molar refractivity (Wildman–Crippen MR) is 150 cm³/mol. The van der Waals surface area contributed by atoms with Crippen LogP contribution in [0.1, 0.15) is 76.3 Å². The van der Waals surface area contributed by atoms with Gasteiger partial charge >= 0.3 is 0 Å². The average Bonchev–Trinajstić information content (AvgIpc) is 2.92. The largest absolute Gasteiger partial charge is 0.206 e. The normalized spacial score (nSPS) is 15.8. The number of rotatable bonds is 10. The second kappa shape index (κ2) is 12.9. The maximum atomic E-state index is 15.1. The molecule has 0 amide bonds. The quantitative estimate of drug-likeness (QED) is 0.191. The molecule has 4 rings (SSSR count). The molecule has 1 unspecified atom stereocenters. The van der Waals surface area contributed by atoms with Crippen LogP contribution in [-0.4, -0.2) is 0 Å². The van der Waals surface area contributed by atoms with Crippen molar-refractivity contribution in [1.29, 1.82) is 0 Å². The van der Waals surface area contributed by atoms with Crippen LogP contribution in [0.2, 0.25) is 0 Å². The Labute approximate surface area is 219 Å². The topological polar surface area (TPSA) is 0 Å². The summed E-state index contributed by atoms with van der Waals surface area (Å²) in [4.78, 5) is 0. The van der Waals surface area contributed by atoms with Gasteiger partial charge in [-0.15, -0.1) is 0 Å². The summed E-state index contributed by atoms with van der Waals surface area (Å²) in [5, 5.41) is 0. The molecule has 1 aliphatic rings. The van der Waals surface area contributed by atoms with E-state index in [1.165, 1.54) is 25.7 Å². The molecule has 0 aromatic heterocycles. The Morgan fingerprint density at radius 2 is 1.51 bits per heavy atom. The highest BCUT2D eigenvalue weighted by Crippen LogP contribution is 2.35. The summed E-state index contributed by atoms with van der Waals surface area (Å²) in [5.74, 6) is -1.12. The number of hydrogen-bond acceptors (Lipinski definition) is 0. The van der Waals surface area contributed by atoms with Gasteiger partial charge in [0.15, 0.2) is 11.6 Å². The van der Waals surface area contributed by atoms with E-state index in [9.17, 15) is 8.78 Å². The summed E-state index contributed by atoms with van der Waals surface area (Å²) >= 11 is 0. The fraction of sp³-hybridized carbons (Fsp3) is 0.353.